The minimum Gasteiger partial charge on any atom is -0.496 e. The van der Waals surface area contributed by atoms with E-state index in [1.54, 1.807) is 16.4 Å². The second-order valence-corrected chi connectivity index (χ2v) is 6.36. The Labute approximate surface area is 148 Å². The number of alkyl halides is 3. The SMILES string of the molecule is COc1cc2c(cc1-c1ccn(C)n1)-c1c(CC(F)(F)F)ncn1CC2. The minimum absolute atomic E-state index is 0.0515. The van der Waals surface area contributed by atoms with Gasteiger partial charge in [0, 0.05) is 30.9 Å². The average molecular weight is 362 g/mol. The molecule has 1 aliphatic heterocycles. The van der Waals surface area contributed by atoms with Crippen molar-refractivity contribution < 1.29 is 17.9 Å². The van der Waals surface area contributed by atoms with Crippen LogP contribution in [-0.2, 0) is 26.4 Å². The van der Waals surface area contributed by atoms with E-state index in [0.29, 0.717) is 30.1 Å². The molecule has 3 aromatic rings. The van der Waals surface area contributed by atoms with E-state index in [1.807, 2.05) is 31.4 Å². The van der Waals surface area contributed by atoms with E-state index >= 15 is 0 Å². The molecular weight excluding hydrogens is 345 g/mol. The lowest BCUT2D eigenvalue weighted by atomic mass is 9.93. The first kappa shape index (κ1) is 16.7. The van der Waals surface area contributed by atoms with Gasteiger partial charge < -0.3 is 9.30 Å². The monoisotopic (exact) mass is 362 g/mol. The van der Waals surface area contributed by atoms with E-state index < -0.39 is 12.6 Å². The number of fused-ring (bicyclic) bond motifs is 3. The summed E-state index contributed by atoms with van der Waals surface area (Å²) in [5.41, 5.74) is 3.76. The minimum atomic E-state index is -4.30. The second kappa shape index (κ2) is 5.89. The largest absolute Gasteiger partial charge is 0.496 e. The van der Waals surface area contributed by atoms with Crippen LogP contribution in [0.25, 0.3) is 22.5 Å². The highest BCUT2D eigenvalue weighted by molar-refractivity contribution is 5.79. The Morgan fingerprint density at radius 1 is 1.23 bits per heavy atom. The van der Waals surface area contributed by atoms with Crippen molar-refractivity contribution in [2.45, 2.75) is 25.6 Å². The van der Waals surface area contributed by atoms with Crippen LogP contribution in [0.2, 0.25) is 0 Å². The molecule has 0 saturated carbocycles. The topological polar surface area (TPSA) is 44.9 Å². The fraction of sp³-hybridized carbons (Fsp3) is 0.333. The van der Waals surface area contributed by atoms with Crippen molar-refractivity contribution in [3.63, 3.8) is 0 Å². The van der Waals surface area contributed by atoms with Gasteiger partial charge in [0.05, 0.1) is 36.9 Å². The number of ether oxygens (including phenoxy) is 1. The normalized spacial score (nSPS) is 13.4. The van der Waals surface area contributed by atoms with Gasteiger partial charge in [0.1, 0.15) is 5.75 Å². The molecule has 3 heterocycles. The third-order valence-corrected chi connectivity index (χ3v) is 4.57. The number of halogens is 3. The summed E-state index contributed by atoms with van der Waals surface area (Å²) in [4.78, 5) is 4.02. The van der Waals surface area contributed by atoms with Crippen molar-refractivity contribution in [2.24, 2.45) is 7.05 Å². The number of rotatable bonds is 3. The van der Waals surface area contributed by atoms with E-state index in [2.05, 4.69) is 10.1 Å². The van der Waals surface area contributed by atoms with Gasteiger partial charge in [-0.2, -0.15) is 18.3 Å². The summed E-state index contributed by atoms with van der Waals surface area (Å²) in [6.07, 6.45) is -1.33. The van der Waals surface area contributed by atoms with E-state index in [1.165, 1.54) is 6.33 Å². The molecule has 136 valence electrons. The van der Waals surface area contributed by atoms with E-state index in [4.69, 9.17) is 4.74 Å². The van der Waals surface area contributed by atoms with Crippen molar-refractivity contribution in [1.29, 1.82) is 0 Å². The number of imidazole rings is 1. The standard InChI is InChI=1S/C18H17F3N4O/c1-24-5-4-14(23-24)13-8-12-11(7-16(13)26-2)3-6-25-10-22-15(17(12)25)9-18(19,20)21/h4-5,7-8,10H,3,6,9H2,1-2H3. The number of benzene rings is 1. The maximum Gasteiger partial charge on any atom is 0.394 e. The van der Waals surface area contributed by atoms with Crippen LogP contribution >= 0.6 is 0 Å². The summed E-state index contributed by atoms with van der Waals surface area (Å²) in [6, 6.07) is 5.61. The van der Waals surface area contributed by atoms with Crippen LogP contribution in [0.15, 0.2) is 30.7 Å². The van der Waals surface area contributed by atoms with E-state index in [-0.39, 0.29) is 5.69 Å². The van der Waals surface area contributed by atoms with Gasteiger partial charge in [0.25, 0.3) is 0 Å². The maximum atomic E-state index is 12.9. The van der Waals surface area contributed by atoms with Crippen LogP contribution < -0.4 is 4.74 Å². The third kappa shape index (κ3) is 2.85. The summed E-state index contributed by atoms with van der Waals surface area (Å²) in [6.45, 7) is 0.597. The van der Waals surface area contributed by atoms with Crippen LogP contribution in [-0.4, -0.2) is 32.6 Å². The summed E-state index contributed by atoms with van der Waals surface area (Å²) in [7, 11) is 3.39. The van der Waals surface area contributed by atoms with E-state index in [0.717, 1.165) is 16.7 Å². The summed E-state index contributed by atoms with van der Waals surface area (Å²) >= 11 is 0. The predicted octanol–water partition coefficient (Wildman–Crippen LogP) is 3.62. The molecule has 4 rings (SSSR count). The summed E-state index contributed by atoms with van der Waals surface area (Å²) in [5.74, 6) is 0.660. The fourth-order valence-corrected chi connectivity index (χ4v) is 3.44. The first-order chi connectivity index (χ1) is 12.4. The highest BCUT2D eigenvalue weighted by atomic mass is 19.4. The lowest BCUT2D eigenvalue weighted by Crippen LogP contribution is -2.15. The van der Waals surface area contributed by atoms with Crippen LogP contribution in [0.1, 0.15) is 11.3 Å². The van der Waals surface area contributed by atoms with Crippen molar-refractivity contribution in [1.82, 2.24) is 19.3 Å². The lowest BCUT2D eigenvalue weighted by Gasteiger charge is -2.22. The zero-order valence-electron chi connectivity index (χ0n) is 14.3. The molecule has 26 heavy (non-hydrogen) atoms. The molecule has 5 nitrogen and oxygen atoms in total. The Bertz CT molecular complexity index is 971. The highest BCUT2D eigenvalue weighted by Crippen LogP contribution is 2.40. The Kier molecular flexibility index (Phi) is 3.78. The number of aryl methyl sites for hydroxylation is 3. The number of methoxy groups -OCH3 is 1. The molecule has 8 heteroatoms. The third-order valence-electron chi connectivity index (χ3n) is 4.57. The predicted molar refractivity (Wildman–Crippen MR) is 89.9 cm³/mol. The lowest BCUT2D eigenvalue weighted by molar-refractivity contribution is -0.127. The molecule has 2 aromatic heterocycles. The first-order valence-corrected chi connectivity index (χ1v) is 8.18. The summed E-state index contributed by atoms with van der Waals surface area (Å²) < 4.78 is 47.8. The molecule has 0 fully saturated rings. The average Bonchev–Trinajstić information content (AvgIpc) is 3.18. The van der Waals surface area contributed by atoms with Gasteiger partial charge in [-0.05, 0) is 30.2 Å². The number of aromatic nitrogens is 4. The van der Waals surface area contributed by atoms with Crippen LogP contribution in [0.4, 0.5) is 13.2 Å². The van der Waals surface area contributed by atoms with Crippen LogP contribution in [0.3, 0.4) is 0 Å². The Hall–Kier alpha value is -2.77. The molecule has 0 radical (unpaired) electrons. The number of hydrogen-bond acceptors (Lipinski definition) is 3. The maximum absolute atomic E-state index is 12.9. The van der Waals surface area contributed by atoms with Gasteiger partial charge >= 0.3 is 6.18 Å². The first-order valence-electron chi connectivity index (χ1n) is 8.18. The Balaban J connectivity index is 1.89. The molecule has 0 aliphatic carbocycles. The highest BCUT2D eigenvalue weighted by Gasteiger charge is 2.33. The van der Waals surface area contributed by atoms with Crippen molar-refractivity contribution in [3.05, 3.63) is 42.0 Å². The quantitative estimate of drug-likeness (QED) is 0.715. The molecule has 0 unspecified atom stereocenters. The Morgan fingerprint density at radius 3 is 2.69 bits per heavy atom. The van der Waals surface area contributed by atoms with Gasteiger partial charge in [-0.1, -0.05) is 0 Å². The molecule has 0 saturated heterocycles. The smallest absolute Gasteiger partial charge is 0.394 e. The van der Waals surface area contributed by atoms with Gasteiger partial charge in [-0.25, -0.2) is 4.98 Å². The van der Waals surface area contributed by atoms with Gasteiger partial charge in [-0.15, -0.1) is 0 Å². The molecular formula is C18H17F3N4O. The molecule has 0 amide bonds. The zero-order valence-corrected chi connectivity index (χ0v) is 14.3. The van der Waals surface area contributed by atoms with E-state index in [9.17, 15) is 13.2 Å². The summed E-state index contributed by atoms with van der Waals surface area (Å²) in [5, 5.41) is 4.40. The van der Waals surface area contributed by atoms with Crippen molar-refractivity contribution >= 4 is 0 Å². The van der Waals surface area contributed by atoms with Gasteiger partial charge in [0.15, 0.2) is 0 Å². The molecule has 0 bridgehead atoms. The van der Waals surface area contributed by atoms with Crippen molar-refractivity contribution in [3.8, 4) is 28.3 Å². The molecule has 1 aliphatic rings. The number of nitrogens with zero attached hydrogens (tertiary/aromatic N) is 4. The Morgan fingerprint density at radius 2 is 2.04 bits per heavy atom. The molecule has 1 aromatic carbocycles. The molecule has 0 N–H and O–H groups in total. The zero-order chi connectivity index (χ0) is 18.5. The molecule has 0 spiro atoms. The molecule has 0 atom stereocenters. The van der Waals surface area contributed by atoms with Crippen LogP contribution in [0, 0.1) is 0 Å². The van der Waals surface area contributed by atoms with Crippen LogP contribution in [0.5, 0.6) is 5.75 Å². The fourth-order valence-electron chi connectivity index (χ4n) is 3.44. The second-order valence-electron chi connectivity index (χ2n) is 6.36. The van der Waals surface area contributed by atoms with Crippen molar-refractivity contribution in [2.75, 3.05) is 7.11 Å². The van der Waals surface area contributed by atoms with Gasteiger partial charge in [0.2, 0.25) is 0 Å². The number of hydrogen-bond donors (Lipinski definition) is 0. The van der Waals surface area contributed by atoms with Gasteiger partial charge in [-0.3, -0.25) is 4.68 Å².